The first-order valence-corrected chi connectivity index (χ1v) is 7.76. The molecule has 1 saturated heterocycles. The number of aromatic amines is 1. The molecular weight excluding hydrogens is 304 g/mol. The molecule has 0 spiro atoms. The molecule has 3 aromatic rings. The van der Waals surface area contributed by atoms with Crippen LogP contribution in [-0.4, -0.2) is 23.9 Å². The quantitative estimate of drug-likeness (QED) is 0.754. The average Bonchev–Trinajstić information content (AvgIpc) is 3.15. The summed E-state index contributed by atoms with van der Waals surface area (Å²) in [6.45, 7) is 0. The standard InChI is InChI=1S/C19H16N2O3/c1-24-17-9-5-4-8-16(17)21-18(22)10-13(19(21)23)14-11-20-15-7-3-2-6-12(14)15/h2-9,11,13,20H,10H2,1H3/t13-/m0/s1. The van der Waals surface area contributed by atoms with Crippen molar-refractivity contribution >= 4 is 28.4 Å². The van der Waals surface area contributed by atoms with Crippen molar-refractivity contribution in [3.8, 4) is 5.75 Å². The summed E-state index contributed by atoms with van der Waals surface area (Å²) in [7, 11) is 1.53. The number of nitrogens with one attached hydrogen (secondary N) is 1. The molecule has 0 bridgehead atoms. The zero-order valence-electron chi connectivity index (χ0n) is 13.2. The van der Waals surface area contributed by atoms with Gasteiger partial charge in [-0.2, -0.15) is 0 Å². The summed E-state index contributed by atoms with van der Waals surface area (Å²) in [6.07, 6.45) is 1.99. The predicted octanol–water partition coefficient (Wildman–Crippen LogP) is 3.22. The van der Waals surface area contributed by atoms with Gasteiger partial charge >= 0.3 is 0 Å². The Bertz CT molecular complexity index is 944. The molecule has 0 radical (unpaired) electrons. The van der Waals surface area contributed by atoms with Gasteiger partial charge in [-0.25, -0.2) is 4.90 Å². The number of hydrogen-bond donors (Lipinski definition) is 1. The minimum atomic E-state index is -0.474. The summed E-state index contributed by atoms with van der Waals surface area (Å²) >= 11 is 0. The Hall–Kier alpha value is -3.08. The van der Waals surface area contributed by atoms with E-state index < -0.39 is 5.92 Å². The Morgan fingerprint density at radius 2 is 1.83 bits per heavy atom. The number of carbonyl (C=O) groups is 2. The first-order valence-electron chi connectivity index (χ1n) is 7.76. The Morgan fingerprint density at radius 3 is 2.67 bits per heavy atom. The highest BCUT2D eigenvalue weighted by Crippen LogP contribution is 2.39. The molecule has 24 heavy (non-hydrogen) atoms. The van der Waals surface area contributed by atoms with Crippen LogP contribution in [0.15, 0.2) is 54.7 Å². The highest BCUT2D eigenvalue weighted by molar-refractivity contribution is 6.24. The van der Waals surface area contributed by atoms with E-state index in [9.17, 15) is 9.59 Å². The summed E-state index contributed by atoms with van der Waals surface area (Å²) in [6, 6.07) is 14.9. The van der Waals surface area contributed by atoms with E-state index >= 15 is 0 Å². The number of para-hydroxylation sites is 3. The van der Waals surface area contributed by atoms with Crippen LogP contribution in [0.25, 0.3) is 10.9 Å². The second-order valence-corrected chi connectivity index (χ2v) is 5.79. The van der Waals surface area contributed by atoms with Crippen molar-refractivity contribution in [1.82, 2.24) is 4.98 Å². The van der Waals surface area contributed by atoms with E-state index in [0.29, 0.717) is 11.4 Å². The number of ether oxygens (including phenoxy) is 1. The molecule has 120 valence electrons. The van der Waals surface area contributed by atoms with Gasteiger partial charge in [0.2, 0.25) is 11.8 Å². The SMILES string of the molecule is COc1ccccc1N1C(=O)C[C@@H](c2c[nH]c3ccccc23)C1=O. The highest BCUT2D eigenvalue weighted by atomic mass is 16.5. The van der Waals surface area contributed by atoms with Crippen molar-refractivity contribution in [2.45, 2.75) is 12.3 Å². The van der Waals surface area contributed by atoms with Crippen LogP contribution in [0.4, 0.5) is 5.69 Å². The number of imide groups is 1. The van der Waals surface area contributed by atoms with Gasteiger partial charge in [-0.1, -0.05) is 30.3 Å². The number of carbonyl (C=O) groups excluding carboxylic acids is 2. The summed E-state index contributed by atoms with van der Waals surface area (Å²) in [5, 5.41) is 0.977. The Labute approximate surface area is 138 Å². The molecule has 1 atom stereocenters. The monoisotopic (exact) mass is 320 g/mol. The molecule has 5 heteroatoms. The van der Waals surface area contributed by atoms with Gasteiger partial charge in [-0.15, -0.1) is 0 Å². The van der Waals surface area contributed by atoms with Gasteiger partial charge in [0.1, 0.15) is 5.75 Å². The molecule has 2 heterocycles. The van der Waals surface area contributed by atoms with Crippen molar-refractivity contribution in [1.29, 1.82) is 0 Å². The molecule has 2 aromatic carbocycles. The summed E-state index contributed by atoms with van der Waals surface area (Å²) in [5.41, 5.74) is 2.32. The van der Waals surface area contributed by atoms with Crippen LogP contribution in [0.3, 0.4) is 0 Å². The first-order chi connectivity index (χ1) is 11.7. The molecule has 0 saturated carbocycles. The third-order valence-electron chi connectivity index (χ3n) is 4.47. The Morgan fingerprint density at radius 1 is 1.08 bits per heavy atom. The van der Waals surface area contributed by atoms with Crippen molar-refractivity contribution in [2.75, 3.05) is 12.0 Å². The van der Waals surface area contributed by atoms with Gasteiger partial charge in [-0.05, 0) is 23.8 Å². The third kappa shape index (κ3) is 2.09. The zero-order valence-corrected chi connectivity index (χ0v) is 13.2. The number of fused-ring (bicyclic) bond motifs is 1. The maximum Gasteiger partial charge on any atom is 0.242 e. The highest BCUT2D eigenvalue weighted by Gasteiger charge is 2.42. The van der Waals surface area contributed by atoms with Crippen molar-refractivity contribution in [2.24, 2.45) is 0 Å². The fourth-order valence-electron chi connectivity index (χ4n) is 3.32. The zero-order chi connectivity index (χ0) is 16.7. The second kappa shape index (κ2) is 5.53. The lowest BCUT2D eigenvalue weighted by Gasteiger charge is -2.17. The van der Waals surface area contributed by atoms with Gasteiger partial charge in [0, 0.05) is 23.5 Å². The van der Waals surface area contributed by atoms with Crippen LogP contribution in [0.5, 0.6) is 5.75 Å². The van der Waals surface area contributed by atoms with Crippen molar-refractivity contribution < 1.29 is 14.3 Å². The number of benzene rings is 2. The smallest absolute Gasteiger partial charge is 0.242 e. The number of H-pyrrole nitrogens is 1. The molecule has 1 fully saturated rings. The van der Waals surface area contributed by atoms with Crippen molar-refractivity contribution in [3.05, 3.63) is 60.3 Å². The Balaban J connectivity index is 1.77. The van der Waals surface area contributed by atoms with Gasteiger partial charge in [0.05, 0.1) is 18.7 Å². The second-order valence-electron chi connectivity index (χ2n) is 5.79. The number of aromatic nitrogens is 1. The fraction of sp³-hybridized carbons (Fsp3) is 0.158. The Kier molecular flexibility index (Phi) is 3.34. The lowest BCUT2D eigenvalue weighted by Crippen LogP contribution is -2.30. The van der Waals surface area contributed by atoms with Gasteiger partial charge < -0.3 is 9.72 Å². The topological polar surface area (TPSA) is 62.4 Å². The van der Waals surface area contributed by atoms with E-state index in [2.05, 4.69) is 4.98 Å². The lowest BCUT2D eigenvalue weighted by molar-refractivity contribution is -0.121. The third-order valence-corrected chi connectivity index (χ3v) is 4.47. The van der Waals surface area contributed by atoms with Crippen molar-refractivity contribution in [3.63, 3.8) is 0 Å². The number of anilines is 1. The average molecular weight is 320 g/mol. The van der Waals surface area contributed by atoms with Gasteiger partial charge in [-0.3, -0.25) is 9.59 Å². The van der Waals surface area contributed by atoms with Crippen LogP contribution in [-0.2, 0) is 9.59 Å². The number of amides is 2. The predicted molar refractivity (Wildman–Crippen MR) is 91.1 cm³/mol. The summed E-state index contributed by atoms with van der Waals surface area (Å²) in [4.78, 5) is 29.9. The molecule has 0 aliphatic carbocycles. The van der Waals surface area contributed by atoms with Crippen LogP contribution in [0.1, 0.15) is 17.9 Å². The maximum atomic E-state index is 13.0. The largest absolute Gasteiger partial charge is 0.495 e. The summed E-state index contributed by atoms with van der Waals surface area (Å²) in [5.74, 6) is -0.383. The van der Waals surface area contributed by atoms with E-state index in [0.717, 1.165) is 16.5 Å². The first kappa shape index (κ1) is 14.5. The minimum absolute atomic E-state index is 0.165. The number of hydrogen-bond acceptors (Lipinski definition) is 3. The molecule has 4 rings (SSSR count). The maximum absolute atomic E-state index is 13.0. The molecule has 5 nitrogen and oxygen atoms in total. The molecular formula is C19H16N2O3. The van der Waals surface area contributed by atoms with E-state index in [1.807, 2.05) is 36.5 Å². The normalized spacial score (nSPS) is 17.7. The van der Waals surface area contributed by atoms with Crippen LogP contribution >= 0.6 is 0 Å². The van der Waals surface area contributed by atoms with Crippen LogP contribution < -0.4 is 9.64 Å². The fourth-order valence-corrected chi connectivity index (χ4v) is 3.32. The van der Waals surface area contributed by atoms with E-state index in [1.165, 1.54) is 12.0 Å². The van der Waals surface area contributed by atoms with Crippen LogP contribution in [0, 0.1) is 0 Å². The van der Waals surface area contributed by atoms with Gasteiger partial charge in [0.25, 0.3) is 0 Å². The number of nitrogens with zero attached hydrogens (tertiary/aromatic N) is 1. The number of methoxy groups -OCH3 is 1. The van der Waals surface area contributed by atoms with E-state index in [-0.39, 0.29) is 18.2 Å². The minimum Gasteiger partial charge on any atom is -0.495 e. The molecule has 1 aliphatic heterocycles. The lowest BCUT2D eigenvalue weighted by atomic mass is 9.97. The molecule has 0 unspecified atom stereocenters. The summed E-state index contributed by atoms with van der Waals surface area (Å²) < 4.78 is 5.30. The van der Waals surface area contributed by atoms with Crippen LogP contribution in [0.2, 0.25) is 0 Å². The molecule has 2 amide bonds. The van der Waals surface area contributed by atoms with Gasteiger partial charge in [0.15, 0.2) is 0 Å². The molecule has 1 aromatic heterocycles. The number of rotatable bonds is 3. The molecule has 1 N–H and O–H groups in total. The van der Waals surface area contributed by atoms with E-state index in [1.54, 1.807) is 18.2 Å². The van der Waals surface area contributed by atoms with E-state index in [4.69, 9.17) is 4.74 Å². The molecule has 1 aliphatic rings.